The average Bonchev–Trinajstić information content (AvgIpc) is 2.78. The molecule has 2 N–H and O–H groups in total. The van der Waals surface area contributed by atoms with Crippen LogP contribution in [0.4, 0.5) is 11.4 Å². The first-order valence-electron chi connectivity index (χ1n) is 10.7. The van der Waals surface area contributed by atoms with Crippen LogP contribution < -0.4 is 20.1 Å². The lowest BCUT2D eigenvalue weighted by molar-refractivity contribution is -0.116. The highest BCUT2D eigenvalue weighted by Gasteiger charge is 2.09. The first kappa shape index (κ1) is 24.7. The van der Waals surface area contributed by atoms with Gasteiger partial charge in [0.1, 0.15) is 6.61 Å². The second-order valence-electron chi connectivity index (χ2n) is 8.10. The topological polar surface area (TPSA) is 59.6 Å². The largest absolute Gasteiger partial charge is 0.493 e. The lowest BCUT2D eigenvalue weighted by Crippen LogP contribution is -2.13. The van der Waals surface area contributed by atoms with Crippen LogP contribution in [0.5, 0.6) is 11.5 Å². The Morgan fingerprint density at radius 2 is 1.67 bits per heavy atom. The summed E-state index contributed by atoms with van der Waals surface area (Å²) in [6, 6.07) is 18.9. The molecule has 0 unspecified atom stereocenters. The molecule has 3 rings (SSSR count). The highest BCUT2D eigenvalue weighted by atomic mass is 35.5. The van der Waals surface area contributed by atoms with Crippen LogP contribution in [-0.2, 0) is 17.9 Å². The van der Waals surface area contributed by atoms with Gasteiger partial charge in [-0.2, -0.15) is 0 Å². The Hall–Kier alpha value is -2.89. The predicted molar refractivity (Wildman–Crippen MR) is 136 cm³/mol. The van der Waals surface area contributed by atoms with Crippen molar-refractivity contribution in [1.29, 1.82) is 0 Å². The minimum Gasteiger partial charge on any atom is -0.493 e. The van der Waals surface area contributed by atoms with Gasteiger partial charge in [0.05, 0.1) is 17.2 Å². The molecule has 0 saturated heterocycles. The summed E-state index contributed by atoms with van der Waals surface area (Å²) in [6.07, 6.45) is 0.497. The molecule has 0 atom stereocenters. The van der Waals surface area contributed by atoms with E-state index in [9.17, 15) is 4.79 Å². The summed E-state index contributed by atoms with van der Waals surface area (Å²) in [6.45, 7) is 4.98. The van der Waals surface area contributed by atoms with Gasteiger partial charge in [0.15, 0.2) is 11.5 Å². The Bertz CT molecular complexity index is 1100. The van der Waals surface area contributed by atoms with Crippen LogP contribution in [0.15, 0.2) is 60.7 Å². The van der Waals surface area contributed by atoms with Gasteiger partial charge in [-0.25, -0.2) is 0 Å². The molecule has 5 nitrogen and oxygen atoms in total. The Morgan fingerprint density at radius 1 is 0.909 bits per heavy atom. The van der Waals surface area contributed by atoms with E-state index in [1.54, 1.807) is 19.2 Å². The average molecular weight is 487 g/mol. The monoisotopic (exact) mass is 486 g/mol. The first-order chi connectivity index (χ1) is 15.8. The van der Waals surface area contributed by atoms with E-state index in [1.165, 1.54) is 0 Å². The fraction of sp³-hybridized carbons (Fsp3) is 0.269. The number of ether oxygens (including phenoxy) is 2. The Morgan fingerprint density at radius 3 is 2.39 bits per heavy atom. The number of nitrogens with one attached hydrogen (secondary N) is 2. The molecule has 0 spiro atoms. The SMILES string of the molecule is COc1cc(CNc2cccc(NC(=O)CC(C)C)c2)ccc1OCc1ccc(Cl)c(Cl)c1. The zero-order chi connectivity index (χ0) is 23.8. The van der Waals surface area contributed by atoms with Crippen LogP contribution in [0.2, 0.25) is 10.0 Å². The molecule has 3 aromatic rings. The smallest absolute Gasteiger partial charge is 0.224 e. The minimum atomic E-state index is 0.0170. The fourth-order valence-corrected chi connectivity index (χ4v) is 3.55. The Labute approximate surface area is 205 Å². The van der Waals surface area contributed by atoms with Gasteiger partial charge in [0.25, 0.3) is 0 Å². The van der Waals surface area contributed by atoms with Gasteiger partial charge < -0.3 is 20.1 Å². The van der Waals surface area contributed by atoms with Gasteiger partial charge in [-0.1, -0.05) is 55.2 Å². The molecule has 0 heterocycles. The molecule has 7 heteroatoms. The van der Waals surface area contributed by atoms with Crippen LogP contribution in [0.25, 0.3) is 0 Å². The highest BCUT2D eigenvalue weighted by molar-refractivity contribution is 6.42. The predicted octanol–water partition coefficient (Wildman–Crippen LogP) is 7.18. The number of hydrogen-bond donors (Lipinski definition) is 2. The van der Waals surface area contributed by atoms with E-state index in [-0.39, 0.29) is 5.91 Å². The molecule has 0 aliphatic carbocycles. The lowest BCUT2D eigenvalue weighted by atomic mass is 10.1. The molecule has 0 fully saturated rings. The van der Waals surface area contributed by atoms with Gasteiger partial charge in [-0.05, 0) is 59.5 Å². The molecule has 0 aliphatic rings. The summed E-state index contributed by atoms with van der Waals surface area (Å²) in [5, 5.41) is 7.33. The van der Waals surface area contributed by atoms with Gasteiger partial charge >= 0.3 is 0 Å². The summed E-state index contributed by atoms with van der Waals surface area (Å²) in [4.78, 5) is 12.0. The number of halogens is 2. The molecule has 0 radical (unpaired) electrons. The van der Waals surface area contributed by atoms with Crippen molar-refractivity contribution in [1.82, 2.24) is 0 Å². The molecule has 33 heavy (non-hydrogen) atoms. The van der Waals surface area contributed by atoms with Crippen LogP contribution >= 0.6 is 23.2 Å². The van der Waals surface area contributed by atoms with Gasteiger partial charge in [-0.15, -0.1) is 0 Å². The van der Waals surface area contributed by atoms with Crippen molar-refractivity contribution in [2.24, 2.45) is 5.92 Å². The van der Waals surface area contributed by atoms with E-state index in [2.05, 4.69) is 10.6 Å². The molecule has 0 aliphatic heterocycles. The van der Waals surface area contributed by atoms with Crippen molar-refractivity contribution in [3.05, 3.63) is 81.8 Å². The first-order valence-corrected chi connectivity index (χ1v) is 11.5. The molecule has 0 bridgehead atoms. The number of rotatable bonds is 10. The van der Waals surface area contributed by atoms with Crippen LogP contribution in [0, 0.1) is 5.92 Å². The Kier molecular flexibility index (Phi) is 8.87. The molecular weight excluding hydrogens is 459 g/mol. The number of amides is 1. The van der Waals surface area contributed by atoms with E-state index < -0.39 is 0 Å². The van der Waals surface area contributed by atoms with Crippen molar-refractivity contribution in [2.75, 3.05) is 17.7 Å². The zero-order valence-corrected chi connectivity index (χ0v) is 20.5. The molecule has 3 aromatic carbocycles. The van der Waals surface area contributed by atoms with E-state index in [1.807, 2.05) is 62.4 Å². The number of anilines is 2. The number of carbonyl (C=O) groups is 1. The summed E-state index contributed by atoms with van der Waals surface area (Å²) in [5.74, 6) is 1.62. The van der Waals surface area contributed by atoms with E-state index in [0.29, 0.717) is 47.0 Å². The van der Waals surface area contributed by atoms with Gasteiger partial charge in [0.2, 0.25) is 5.91 Å². The number of carbonyl (C=O) groups excluding carboxylic acids is 1. The number of methoxy groups -OCH3 is 1. The third-order valence-electron chi connectivity index (χ3n) is 4.84. The van der Waals surface area contributed by atoms with Crippen molar-refractivity contribution in [2.45, 2.75) is 33.4 Å². The summed E-state index contributed by atoms with van der Waals surface area (Å²) in [5.41, 5.74) is 3.63. The summed E-state index contributed by atoms with van der Waals surface area (Å²) in [7, 11) is 1.61. The van der Waals surface area contributed by atoms with Crippen LogP contribution in [-0.4, -0.2) is 13.0 Å². The van der Waals surface area contributed by atoms with Crippen molar-refractivity contribution in [3.8, 4) is 11.5 Å². The van der Waals surface area contributed by atoms with E-state index >= 15 is 0 Å². The Balaban J connectivity index is 1.60. The normalized spacial score (nSPS) is 10.7. The van der Waals surface area contributed by atoms with Crippen molar-refractivity contribution in [3.63, 3.8) is 0 Å². The second-order valence-corrected chi connectivity index (χ2v) is 8.92. The number of hydrogen-bond acceptors (Lipinski definition) is 4. The van der Waals surface area contributed by atoms with Gasteiger partial charge in [-0.3, -0.25) is 4.79 Å². The maximum atomic E-state index is 12.0. The molecule has 1 amide bonds. The van der Waals surface area contributed by atoms with E-state index in [4.69, 9.17) is 32.7 Å². The maximum Gasteiger partial charge on any atom is 0.224 e. The third-order valence-corrected chi connectivity index (χ3v) is 5.58. The molecule has 0 saturated carbocycles. The maximum absolute atomic E-state index is 12.0. The summed E-state index contributed by atoms with van der Waals surface area (Å²) < 4.78 is 11.4. The standard InChI is InChI=1S/C26H28Cl2N2O3/c1-17(2)11-26(31)30-21-6-4-5-20(14-21)29-15-18-8-10-24(25(13-18)32-3)33-16-19-7-9-22(27)23(28)12-19/h4-10,12-14,17,29H,11,15-16H2,1-3H3,(H,30,31). The number of benzene rings is 3. The second kappa shape index (κ2) is 11.8. The summed E-state index contributed by atoms with van der Waals surface area (Å²) >= 11 is 12.0. The fourth-order valence-electron chi connectivity index (χ4n) is 3.23. The third kappa shape index (κ3) is 7.58. The van der Waals surface area contributed by atoms with Crippen LogP contribution in [0.3, 0.4) is 0 Å². The lowest BCUT2D eigenvalue weighted by Gasteiger charge is -2.14. The zero-order valence-electron chi connectivity index (χ0n) is 19.0. The highest BCUT2D eigenvalue weighted by Crippen LogP contribution is 2.30. The minimum absolute atomic E-state index is 0.0170. The van der Waals surface area contributed by atoms with Crippen molar-refractivity contribution >= 4 is 40.5 Å². The quantitative estimate of drug-likeness (QED) is 0.318. The van der Waals surface area contributed by atoms with Crippen molar-refractivity contribution < 1.29 is 14.3 Å². The van der Waals surface area contributed by atoms with Crippen LogP contribution in [0.1, 0.15) is 31.4 Å². The molecular formula is C26H28Cl2N2O3. The van der Waals surface area contributed by atoms with Gasteiger partial charge in [0, 0.05) is 24.3 Å². The molecule has 174 valence electrons. The van der Waals surface area contributed by atoms with E-state index in [0.717, 1.165) is 22.5 Å². The molecule has 0 aromatic heterocycles.